The van der Waals surface area contributed by atoms with Crippen molar-refractivity contribution >= 4 is 27.5 Å². The molecule has 5 nitrogen and oxygen atoms in total. The van der Waals surface area contributed by atoms with E-state index in [2.05, 4.69) is 4.98 Å². The van der Waals surface area contributed by atoms with Crippen molar-refractivity contribution in [2.45, 2.75) is 33.7 Å². The molecule has 0 radical (unpaired) electrons. The van der Waals surface area contributed by atoms with Crippen LogP contribution in [0.1, 0.15) is 29.2 Å². The largest absolute Gasteiger partial charge is 0.480 e. The number of aliphatic carboxylic acids is 1. The Morgan fingerprint density at radius 2 is 1.83 bits per heavy atom. The lowest BCUT2D eigenvalue weighted by Gasteiger charge is -2.14. The van der Waals surface area contributed by atoms with Crippen molar-refractivity contribution in [2.24, 2.45) is 0 Å². The molecule has 0 saturated heterocycles. The zero-order valence-electron chi connectivity index (χ0n) is 14.0. The number of thiophene rings is 1. The summed E-state index contributed by atoms with van der Waals surface area (Å²) < 4.78 is 1.26. The van der Waals surface area contributed by atoms with Crippen LogP contribution in [-0.2, 0) is 4.79 Å². The van der Waals surface area contributed by atoms with Crippen molar-refractivity contribution in [1.82, 2.24) is 9.55 Å². The normalized spacial score (nSPS) is 12.5. The van der Waals surface area contributed by atoms with E-state index in [0.29, 0.717) is 16.0 Å². The Morgan fingerprint density at radius 1 is 1.21 bits per heavy atom. The highest BCUT2D eigenvalue weighted by atomic mass is 32.1. The van der Waals surface area contributed by atoms with Gasteiger partial charge in [0.15, 0.2) is 0 Å². The van der Waals surface area contributed by atoms with E-state index in [1.54, 1.807) is 6.92 Å². The van der Waals surface area contributed by atoms with Crippen LogP contribution in [0.25, 0.3) is 21.3 Å². The monoisotopic (exact) mass is 342 g/mol. The molecule has 2 heterocycles. The van der Waals surface area contributed by atoms with E-state index in [0.717, 1.165) is 21.6 Å². The molecule has 0 saturated carbocycles. The van der Waals surface area contributed by atoms with E-state index in [4.69, 9.17) is 0 Å². The molecule has 3 rings (SSSR count). The maximum Gasteiger partial charge on any atom is 0.326 e. The van der Waals surface area contributed by atoms with E-state index in [1.165, 1.54) is 22.8 Å². The smallest absolute Gasteiger partial charge is 0.326 e. The van der Waals surface area contributed by atoms with E-state index in [-0.39, 0.29) is 5.56 Å². The first-order chi connectivity index (χ1) is 11.3. The standard InChI is InChI=1S/C18H18N2O3S/c1-9-5-7-13(8-6-9)14-11(3)24-16-15(14)17(21)20(12(4)19-16)10(2)18(22)23/h5-8,10H,1-4H3,(H,22,23). The number of aromatic nitrogens is 2. The van der Waals surface area contributed by atoms with Crippen LogP contribution in [0.3, 0.4) is 0 Å². The molecule has 1 unspecified atom stereocenters. The molecule has 3 aromatic rings. The van der Waals surface area contributed by atoms with Gasteiger partial charge in [0.2, 0.25) is 0 Å². The SMILES string of the molecule is Cc1ccc(-c2c(C)sc3nc(C)n(C(C)C(=O)O)c(=O)c23)cc1. The highest BCUT2D eigenvalue weighted by Crippen LogP contribution is 2.36. The predicted molar refractivity (Wildman–Crippen MR) is 95.9 cm³/mol. The second-order valence-electron chi connectivity index (χ2n) is 5.93. The fourth-order valence-corrected chi connectivity index (χ4v) is 3.99. The first kappa shape index (κ1) is 16.4. The summed E-state index contributed by atoms with van der Waals surface area (Å²) in [6.07, 6.45) is 0. The average Bonchev–Trinajstić information content (AvgIpc) is 2.84. The second-order valence-corrected chi connectivity index (χ2v) is 7.13. The van der Waals surface area contributed by atoms with Crippen LogP contribution >= 0.6 is 11.3 Å². The van der Waals surface area contributed by atoms with Crippen LogP contribution in [0.4, 0.5) is 0 Å². The molecular formula is C18H18N2O3S. The summed E-state index contributed by atoms with van der Waals surface area (Å²) in [6, 6.07) is 7.00. The van der Waals surface area contributed by atoms with Gasteiger partial charge in [-0.25, -0.2) is 9.78 Å². The molecule has 2 aromatic heterocycles. The lowest BCUT2D eigenvalue weighted by molar-refractivity contribution is -0.140. The summed E-state index contributed by atoms with van der Waals surface area (Å²) in [5, 5.41) is 9.79. The number of benzene rings is 1. The highest BCUT2D eigenvalue weighted by molar-refractivity contribution is 7.19. The minimum Gasteiger partial charge on any atom is -0.480 e. The zero-order chi connectivity index (χ0) is 17.6. The minimum atomic E-state index is -1.05. The molecule has 24 heavy (non-hydrogen) atoms. The maximum absolute atomic E-state index is 13.0. The Kier molecular flexibility index (Phi) is 4.01. The van der Waals surface area contributed by atoms with E-state index >= 15 is 0 Å². The Hall–Kier alpha value is -2.47. The van der Waals surface area contributed by atoms with Crippen LogP contribution in [0.2, 0.25) is 0 Å². The lowest BCUT2D eigenvalue weighted by atomic mass is 10.0. The molecule has 1 N–H and O–H groups in total. The van der Waals surface area contributed by atoms with Crippen molar-refractivity contribution in [3.05, 3.63) is 50.9 Å². The number of carboxylic acids is 1. The number of carboxylic acid groups (broad SMARTS) is 1. The van der Waals surface area contributed by atoms with Crippen LogP contribution in [0.5, 0.6) is 0 Å². The molecule has 0 aliphatic heterocycles. The van der Waals surface area contributed by atoms with E-state index < -0.39 is 12.0 Å². The van der Waals surface area contributed by atoms with Crippen molar-refractivity contribution in [3.8, 4) is 11.1 Å². The summed E-state index contributed by atoms with van der Waals surface area (Å²) >= 11 is 1.46. The molecule has 1 aromatic carbocycles. The van der Waals surface area contributed by atoms with E-state index in [9.17, 15) is 14.7 Å². The third-order valence-corrected chi connectivity index (χ3v) is 5.19. The van der Waals surface area contributed by atoms with Gasteiger partial charge in [-0.2, -0.15) is 0 Å². The number of hydrogen-bond acceptors (Lipinski definition) is 4. The molecule has 0 bridgehead atoms. The van der Waals surface area contributed by atoms with Gasteiger partial charge >= 0.3 is 5.97 Å². The first-order valence-electron chi connectivity index (χ1n) is 7.63. The van der Waals surface area contributed by atoms with Crippen LogP contribution in [0, 0.1) is 20.8 Å². The molecule has 1 atom stereocenters. The molecule has 0 aliphatic rings. The van der Waals surface area contributed by atoms with Gasteiger partial charge in [0.05, 0.1) is 5.39 Å². The molecule has 0 spiro atoms. The average molecular weight is 342 g/mol. The topological polar surface area (TPSA) is 72.2 Å². The second kappa shape index (κ2) is 5.87. The number of aryl methyl sites for hydroxylation is 3. The Labute approximate surface area is 143 Å². The van der Waals surface area contributed by atoms with Gasteiger partial charge in [-0.05, 0) is 33.3 Å². The predicted octanol–water partition coefficient (Wildman–Crippen LogP) is 3.70. The third kappa shape index (κ3) is 2.53. The summed E-state index contributed by atoms with van der Waals surface area (Å²) in [6.45, 7) is 7.13. The molecule has 124 valence electrons. The van der Waals surface area contributed by atoms with Crippen molar-refractivity contribution in [1.29, 1.82) is 0 Å². The minimum absolute atomic E-state index is 0.299. The summed E-state index contributed by atoms with van der Waals surface area (Å²) in [7, 11) is 0. The number of nitrogens with zero attached hydrogens (tertiary/aromatic N) is 2. The zero-order valence-corrected chi connectivity index (χ0v) is 14.8. The van der Waals surface area contributed by atoms with Gasteiger partial charge in [-0.3, -0.25) is 9.36 Å². The summed E-state index contributed by atoms with van der Waals surface area (Å²) in [4.78, 5) is 30.5. The first-order valence-corrected chi connectivity index (χ1v) is 8.45. The van der Waals surface area contributed by atoms with Crippen molar-refractivity contribution < 1.29 is 9.90 Å². The maximum atomic E-state index is 13.0. The van der Waals surface area contributed by atoms with Gasteiger partial charge in [-0.1, -0.05) is 29.8 Å². The lowest BCUT2D eigenvalue weighted by Crippen LogP contribution is -2.30. The quantitative estimate of drug-likeness (QED) is 0.788. The highest BCUT2D eigenvalue weighted by Gasteiger charge is 2.23. The van der Waals surface area contributed by atoms with E-state index in [1.807, 2.05) is 38.1 Å². The molecule has 0 fully saturated rings. The number of hydrogen-bond donors (Lipinski definition) is 1. The molecular weight excluding hydrogens is 324 g/mol. The Balaban J connectivity index is 2.38. The van der Waals surface area contributed by atoms with Gasteiger partial charge in [0, 0.05) is 10.4 Å². The van der Waals surface area contributed by atoms with Gasteiger partial charge in [-0.15, -0.1) is 11.3 Å². The number of rotatable bonds is 3. The number of fused-ring (bicyclic) bond motifs is 1. The fourth-order valence-electron chi connectivity index (χ4n) is 2.91. The molecule has 0 amide bonds. The third-order valence-electron chi connectivity index (χ3n) is 4.20. The Morgan fingerprint density at radius 3 is 2.42 bits per heavy atom. The van der Waals surface area contributed by atoms with Crippen molar-refractivity contribution in [2.75, 3.05) is 0 Å². The number of carbonyl (C=O) groups is 1. The van der Waals surface area contributed by atoms with Gasteiger partial charge in [0.25, 0.3) is 5.56 Å². The van der Waals surface area contributed by atoms with Crippen LogP contribution in [0.15, 0.2) is 29.1 Å². The van der Waals surface area contributed by atoms with Crippen LogP contribution < -0.4 is 5.56 Å². The van der Waals surface area contributed by atoms with Crippen LogP contribution in [-0.4, -0.2) is 20.6 Å². The van der Waals surface area contributed by atoms with Crippen molar-refractivity contribution in [3.63, 3.8) is 0 Å². The summed E-state index contributed by atoms with van der Waals surface area (Å²) in [5.41, 5.74) is 2.63. The molecule has 0 aliphatic carbocycles. The molecule has 6 heteroatoms. The fraction of sp³-hybridized carbons (Fsp3) is 0.278. The summed E-state index contributed by atoms with van der Waals surface area (Å²) in [5.74, 6) is -0.635. The van der Waals surface area contributed by atoms with Gasteiger partial charge in [0.1, 0.15) is 16.7 Å². The Bertz CT molecular complexity index is 1000. The van der Waals surface area contributed by atoms with Gasteiger partial charge < -0.3 is 5.11 Å².